The summed E-state index contributed by atoms with van der Waals surface area (Å²) < 4.78 is 0. The van der Waals surface area contributed by atoms with Gasteiger partial charge in [-0.1, -0.05) is 25.1 Å². The smallest absolute Gasteiger partial charge is 0.161 e. The summed E-state index contributed by atoms with van der Waals surface area (Å²) in [6.45, 7) is 3.79. The number of nitrogens with one attached hydrogen (secondary N) is 3. The van der Waals surface area contributed by atoms with E-state index in [0.717, 1.165) is 57.5 Å². The molecule has 0 aliphatic rings. The van der Waals surface area contributed by atoms with E-state index in [0.29, 0.717) is 11.5 Å². The van der Waals surface area contributed by atoms with Crippen molar-refractivity contribution in [3.8, 4) is 33.2 Å². The third kappa shape index (κ3) is 3.59. The highest BCUT2D eigenvalue weighted by atomic mass is 32.1. The second kappa shape index (κ2) is 8.23. The molecule has 7 nitrogen and oxygen atoms in total. The van der Waals surface area contributed by atoms with Gasteiger partial charge in [-0.15, -0.1) is 11.3 Å². The number of hydrogen-bond donors (Lipinski definition) is 3. The predicted octanol–water partition coefficient (Wildman–Crippen LogP) is 5.40. The van der Waals surface area contributed by atoms with Crippen molar-refractivity contribution in [2.24, 2.45) is 0 Å². The minimum absolute atomic E-state index is 0.698. The fourth-order valence-electron chi connectivity index (χ4n) is 3.99. The Morgan fingerprint density at radius 3 is 2.82 bits per heavy atom. The average Bonchev–Trinajstić information content (AvgIpc) is 3.61. The van der Waals surface area contributed by atoms with Crippen LogP contribution in [-0.4, -0.2) is 36.7 Å². The molecule has 0 atom stereocenters. The first kappa shape index (κ1) is 19.8. The number of benzene rings is 1. The van der Waals surface area contributed by atoms with Crippen molar-refractivity contribution >= 4 is 33.4 Å². The molecule has 5 heterocycles. The summed E-state index contributed by atoms with van der Waals surface area (Å²) in [6.07, 6.45) is 3.73. The Morgan fingerprint density at radius 1 is 0.970 bits per heavy atom. The lowest BCUT2D eigenvalue weighted by Gasteiger charge is -2.05. The molecule has 5 aromatic heterocycles. The lowest BCUT2D eigenvalue weighted by Crippen LogP contribution is -2.11. The Bertz CT molecular complexity index is 1560. The number of thiophene rings is 1. The molecule has 3 N–H and O–H groups in total. The van der Waals surface area contributed by atoms with Crippen molar-refractivity contribution in [2.75, 3.05) is 6.54 Å². The Labute approximate surface area is 194 Å². The molecule has 6 rings (SSSR count). The number of hydrogen-bond acceptors (Lipinski definition) is 6. The highest BCUT2D eigenvalue weighted by Crippen LogP contribution is 2.33. The molecular weight excluding hydrogens is 430 g/mol. The molecule has 0 fully saturated rings. The van der Waals surface area contributed by atoms with Crippen molar-refractivity contribution in [3.63, 3.8) is 0 Å². The Kier molecular flexibility index (Phi) is 4.93. The molecule has 0 saturated heterocycles. The SMILES string of the molecule is CCNCc1cncc(-c2ccc3[nH]nc(-c4nc5c(-c6cccs6)cccc5[nH]4)c3n2)c1. The monoisotopic (exact) mass is 451 g/mol. The summed E-state index contributed by atoms with van der Waals surface area (Å²) in [5.74, 6) is 0.698. The standard InChI is InChI=1S/C25H21N7S/c1-2-26-12-15-11-16(14-27-13-15)18-8-9-20-23(28-18)24(32-31-20)25-29-19-6-3-5-17(22(19)30-25)21-7-4-10-33-21/h3-11,13-14,26H,2,12H2,1H3,(H,29,30)(H,31,32). The van der Waals surface area contributed by atoms with E-state index in [-0.39, 0.29) is 0 Å². The molecule has 162 valence electrons. The topological polar surface area (TPSA) is 95.2 Å². The van der Waals surface area contributed by atoms with Gasteiger partial charge in [0.15, 0.2) is 11.5 Å². The van der Waals surface area contributed by atoms with E-state index in [1.54, 1.807) is 11.3 Å². The summed E-state index contributed by atoms with van der Waals surface area (Å²) in [6, 6.07) is 16.5. The van der Waals surface area contributed by atoms with Crippen LogP contribution in [0.3, 0.4) is 0 Å². The van der Waals surface area contributed by atoms with Crippen LogP contribution in [0.2, 0.25) is 0 Å². The van der Waals surface area contributed by atoms with E-state index >= 15 is 0 Å². The molecule has 0 aliphatic heterocycles. The van der Waals surface area contributed by atoms with Gasteiger partial charge in [0.1, 0.15) is 5.52 Å². The molecule has 0 saturated carbocycles. The fourth-order valence-corrected chi connectivity index (χ4v) is 4.75. The van der Waals surface area contributed by atoms with Crippen LogP contribution in [0.25, 0.3) is 55.3 Å². The van der Waals surface area contributed by atoms with Gasteiger partial charge in [0.2, 0.25) is 0 Å². The van der Waals surface area contributed by atoms with E-state index < -0.39 is 0 Å². The zero-order valence-corrected chi connectivity index (χ0v) is 18.8. The Morgan fingerprint density at radius 2 is 1.94 bits per heavy atom. The summed E-state index contributed by atoms with van der Waals surface area (Å²) >= 11 is 1.71. The number of aromatic amines is 2. The lowest BCUT2D eigenvalue weighted by molar-refractivity contribution is 0.724. The van der Waals surface area contributed by atoms with Crippen LogP contribution in [-0.2, 0) is 6.54 Å². The Balaban J connectivity index is 1.44. The summed E-state index contributed by atoms with van der Waals surface area (Å²) in [7, 11) is 0. The van der Waals surface area contributed by atoms with Crippen LogP contribution in [0.1, 0.15) is 12.5 Å². The van der Waals surface area contributed by atoms with Crippen molar-refractivity contribution in [3.05, 3.63) is 71.9 Å². The first-order chi connectivity index (χ1) is 16.3. The minimum Gasteiger partial charge on any atom is -0.336 e. The highest BCUT2D eigenvalue weighted by Gasteiger charge is 2.17. The number of rotatable bonds is 6. The number of fused-ring (bicyclic) bond motifs is 2. The van der Waals surface area contributed by atoms with Crippen molar-refractivity contribution in [1.29, 1.82) is 0 Å². The van der Waals surface area contributed by atoms with Gasteiger partial charge in [-0.25, -0.2) is 9.97 Å². The number of pyridine rings is 2. The van der Waals surface area contributed by atoms with E-state index in [2.05, 4.69) is 62.1 Å². The molecule has 0 spiro atoms. The van der Waals surface area contributed by atoms with Gasteiger partial charge in [-0.2, -0.15) is 5.10 Å². The number of nitrogens with zero attached hydrogens (tertiary/aromatic N) is 4. The fraction of sp³-hybridized carbons (Fsp3) is 0.120. The van der Waals surface area contributed by atoms with E-state index in [9.17, 15) is 0 Å². The van der Waals surface area contributed by atoms with Gasteiger partial charge in [0.25, 0.3) is 0 Å². The van der Waals surface area contributed by atoms with Crippen molar-refractivity contribution in [1.82, 2.24) is 35.5 Å². The maximum absolute atomic E-state index is 4.93. The van der Waals surface area contributed by atoms with Crippen molar-refractivity contribution < 1.29 is 0 Å². The second-order valence-electron chi connectivity index (χ2n) is 7.79. The average molecular weight is 452 g/mol. The van der Waals surface area contributed by atoms with Crippen LogP contribution >= 0.6 is 11.3 Å². The second-order valence-corrected chi connectivity index (χ2v) is 8.74. The molecule has 1 aromatic carbocycles. The normalized spacial score (nSPS) is 11.5. The molecule has 0 amide bonds. The van der Waals surface area contributed by atoms with Crippen LogP contribution in [0.15, 0.2) is 66.3 Å². The molecule has 33 heavy (non-hydrogen) atoms. The maximum atomic E-state index is 4.93. The van der Waals surface area contributed by atoms with E-state index in [4.69, 9.17) is 9.97 Å². The minimum atomic E-state index is 0.698. The van der Waals surface area contributed by atoms with Gasteiger partial charge < -0.3 is 10.3 Å². The van der Waals surface area contributed by atoms with Crippen LogP contribution in [0.5, 0.6) is 0 Å². The van der Waals surface area contributed by atoms with Gasteiger partial charge in [0, 0.05) is 34.9 Å². The van der Waals surface area contributed by atoms with E-state index in [1.807, 2.05) is 36.7 Å². The van der Waals surface area contributed by atoms with E-state index in [1.165, 1.54) is 4.88 Å². The summed E-state index contributed by atoms with van der Waals surface area (Å²) in [5, 5.41) is 13.1. The molecule has 0 bridgehead atoms. The summed E-state index contributed by atoms with van der Waals surface area (Å²) in [5.41, 5.74) is 8.33. The van der Waals surface area contributed by atoms with Crippen LogP contribution in [0, 0.1) is 0 Å². The number of H-pyrrole nitrogens is 2. The maximum Gasteiger partial charge on any atom is 0.161 e. The largest absolute Gasteiger partial charge is 0.336 e. The molecule has 0 aliphatic carbocycles. The van der Waals surface area contributed by atoms with Gasteiger partial charge in [-0.05, 0) is 47.8 Å². The first-order valence-electron chi connectivity index (χ1n) is 10.8. The lowest BCUT2D eigenvalue weighted by atomic mass is 10.1. The molecule has 6 aromatic rings. The number of imidazole rings is 1. The molecule has 0 unspecified atom stereocenters. The number of para-hydroxylation sites is 1. The summed E-state index contributed by atoms with van der Waals surface area (Å²) in [4.78, 5) is 18.9. The van der Waals surface area contributed by atoms with Gasteiger partial charge in [-0.3, -0.25) is 10.1 Å². The van der Waals surface area contributed by atoms with Gasteiger partial charge >= 0.3 is 0 Å². The third-order valence-corrected chi connectivity index (χ3v) is 6.50. The first-order valence-corrected chi connectivity index (χ1v) is 11.7. The molecule has 0 radical (unpaired) electrons. The zero-order chi connectivity index (χ0) is 22.2. The third-order valence-electron chi connectivity index (χ3n) is 5.60. The zero-order valence-electron chi connectivity index (χ0n) is 18.0. The predicted molar refractivity (Wildman–Crippen MR) is 133 cm³/mol. The van der Waals surface area contributed by atoms with Crippen molar-refractivity contribution in [2.45, 2.75) is 13.5 Å². The van der Waals surface area contributed by atoms with Gasteiger partial charge in [0.05, 0.1) is 22.2 Å². The van der Waals surface area contributed by atoms with Crippen LogP contribution in [0.4, 0.5) is 0 Å². The molecular formula is C25H21N7S. The Hall–Kier alpha value is -3.88. The van der Waals surface area contributed by atoms with Crippen LogP contribution < -0.4 is 5.32 Å². The molecule has 8 heteroatoms. The highest BCUT2D eigenvalue weighted by molar-refractivity contribution is 7.13. The number of aromatic nitrogens is 6. The quantitative estimate of drug-likeness (QED) is 0.315.